The summed E-state index contributed by atoms with van der Waals surface area (Å²) in [7, 11) is 0. The smallest absolute Gasteiger partial charge is 0.323 e. The van der Waals surface area contributed by atoms with Crippen LogP contribution in [0.15, 0.2) is 0 Å². The highest BCUT2D eigenvalue weighted by molar-refractivity contribution is 5.79. The van der Waals surface area contributed by atoms with Gasteiger partial charge in [-0.05, 0) is 38.1 Å². The largest absolute Gasteiger partial charge is 0.480 e. The molecule has 0 aromatic carbocycles. The normalized spacial score (nSPS) is 31.3. The lowest BCUT2D eigenvalue weighted by molar-refractivity contribution is -0.145. The van der Waals surface area contributed by atoms with Gasteiger partial charge in [0, 0.05) is 13.0 Å². The molecule has 2 saturated carbocycles. The van der Waals surface area contributed by atoms with Crippen molar-refractivity contribution in [3.63, 3.8) is 0 Å². The van der Waals surface area contributed by atoms with Crippen molar-refractivity contribution in [3.05, 3.63) is 0 Å². The molecule has 0 spiro atoms. The molecule has 0 aliphatic heterocycles. The molecule has 0 aromatic heterocycles. The summed E-state index contributed by atoms with van der Waals surface area (Å²) in [6.07, 6.45) is 8.49. The molecule has 19 heavy (non-hydrogen) atoms. The lowest BCUT2D eigenvalue weighted by Crippen LogP contribution is -2.50. The predicted molar refractivity (Wildman–Crippen MR) is 74.2 cm³/mol. The van der Waals surface area contributed by atoms with Crippen molar-refractivity contribution in [3.8, 4) is 0 Å². The van der Waals surface area contributed by atoms with Gasteiger partial charge in [-0.1, -0.05) is 26.2 Å². The maximum atomic E-state index is 11.5. The van der Waals surface area contributed by atoms with Gasteiger partial charge in [-0.3, -0.25) is 4.79 Å². The Morgan fingerprint density at radius 1 is 1.42 bits per heavy atom. The number of hydrogen-bond donors (Lipinski definition) is 2. The summed E-state index contributed by atoms with van der Waals surface area (Å²) in [5.41, 5.74) is -0.739. The van der Waals surface area contributed by atoms with E-state index in [0.29, 0.717) is 12.8 Å². The lowest BCUT2D eigenvalue weighted by atomic mass is 9.83. The maximum Gasteiger partial charge on any atom is 0.323 e. The summed E-state index contributed by atoms with van der Waals surface area (Å²) in [6.45, 7) is 3.63. The van der Waals surface area contributed by atoms with E-state index in [0.717, 1.165) is 38.3 Å². The molecule has 2 fully saturated rings. The Hall–Kier alpha value is -0.610. The lowest BCUT2D eigenvalue weighted by Gasteiger charge is -2.27. The minimum absolute atomic E-state index is 0.125. The number of aliphatic carboxylic acids is 1. The molecule has 0 aromatic rings. The number of carbonyl (C=O) groups is 1. The van der Waals surface area contributed by atoms with Crippen molar-refractivity contribution < 1.29 is 14.6 Å². The van der Waals surface area contributed by atoms with Gasteiger partial charge < -0.3 is 15.2 Å². The Morgan fingerprint density at radius 3 is 2.79 bits per heavy atom. The molecule has 4 heteroatoms. The molecule has 2 atom stereocenters. The molecule has 0 bridgehead atoms. The van der Waals surface area contributed by atoms with Gasteiger partial charge in [-0.15, -0.1) is 0 Å². The van der Waals surface area contributed by atoms with Gasteiger partial charge in [0.05, 0.1) is 6.10 Å². The third-order valence-electron chi connectivity index (χ3n) is 4.70. The summed E-state index contributed by atoms with van der Waals surface area (Å²) in [5, 5.41) is 12.7. The highest BCUT2D eigenvalue weighted by Crippen LogP contribution is 2.34. The van der Waals surface area contributed by atoms with E-state index >= 15 is 0 Å². The highest BCUT2D eigenvalue weighted by atomic mass is 16.5. The highest BCUT2D eigenvalue weighted by Gasteiger charge is 2.45. The molecule has 0 amide bonds. The third-order valence-corrected chi connectivity index (χ3v) is 4.70. The monoisotopic (exact) mass is 269 g/mol. The second kappa shape index (κ2) is 6.71. The van der Waals surface area contributed by atoms with E-state index < -0.39 is 11.5 Å². The predicted octanol–water partition coefficient (Wildman–Crippen LogP) is 2.57. The molecule has 4 nitrogen and oxygen atoms in total. The molecule has 0 heterocycles. The minimum atomic E-state index is -0.739. The molecule has 2 aliphatic carbocycles. The molecule has 110 valence electrons. The van der Waals surface area contributed by atoms with Gasteiger partial charge in [0.1, 0.15) is 5.54 Å². The molecule has 2 aliphatic rings. The number of nitrogens with one attached hydrogen (secondary N) is 1. The zero-order chi connectivity index (χ0) is 13.7. The fourth-order valence-corrected chi connectivity index (χ4v) is 3.12. The molecule has 2 unspecified atom stereocenters. The average Bonchev–Trinajstić information content (AvgIpc) is 2.75. The topological polar surface area (TPSA) is 58.6 Å². The number of hydrogen-bond acceptors (Lipinski definition) is 3. The van der Waals surface area contributed by atoms with Crippen LogP contribution in [0.3, 0.4) is 0 Å². The van der Waals surface area contributed by atoms with Crippen LogP contribution < -0.4 is 5.32 Å². The first-order valence-electron chi connectivity index (χ1n) is 7.76. The van der Waals surface area contributed by atoms with Crippen LogP contribution in [-0.4, -0.2) is 35.9 Å². The summed E-state index contributed by atoms with van der Waals surface area (Å²) >= 11 is 0. The fourth-order valence-electron chi connectivity index (χ4n) is 3.12. The first-order chi connectivity index (χ1) is 9.16. The van der Waals surface area contributed by atoms with Gasteiger partial charge in [0.15, 0.2) is 0 Å². The van der Waals surface area contributed by atoms with Crippen LogP contribution in [-0.2, 0) is 9.53 Å². The average molecular weight is 269 g/mol. The van der Waals surface area contributed by atoms with Crippen LogP contribution >= 0.6 is 0 Å². The van der Waals surface area contributed by atoms with Crippen LogP contribution in [0.1, 0.15) is 58.3 Å². The Labute approximate surface area is 115 Å². The first kappa shape index (κ1) is 14.8. The summed E-state index contributed by atoms with van der Waals surface area (Å²) < 4.78 is 5.89. The van der Waals surface area contributed by atoms with Gasteiger partial charge in [0.25, 0.3) is 0 Å². The minimum Gasteiger partial charge on any atom is -0.480 e. The van der Waals surface area contributed by atoms with Crippen LogP contribution in [0, 0.1) is 5.92 Å². The second-order valence-electron chi connectivity index (χ2n) is 6.14. The van der Waals surface area contributed by atoms with Gasteiger partial charge >= 0.3 is 5.97 Å². The van der Waals surface area contributed by atoms with Crippen molar-refractivity contribution in [2.24, 2.45) is 5.92 Å². The second-order valence-corrected chi connectivity index (χ2v) is 6.14. The Kier molecular flexibility index (Phi) is 5.22. The Bertz CT molecular complexity index is 304. The van der Waals surface area contributed by atoms with Gasteiger partial charge in [-0.25, -0.2) is 0 Å². The van der Waals surface area contributed by atoms with Crippen LogP contribution in [0.4, 0.5) is 0 Å². The van der Waals surface area contributed by atoms with E-state index in [-0.39, 0.29) is 6.10 Å². The zero-order valence-corrected chi connectivity index (χ0v) is 12.0. The van der Waals surface area contributed by atoms with Crippen LogP contribution in [0.25, 0.3) is 0 Å². The SMILES string of the molecule is CCCNC1(C(=O)O)CCC(OCCC2CCC2)C1. The first-order valence-corrected chi connectivity index (χ1v) is 7.76. The molecule has 0 radical (unpaired) electrons. The standard InChI is InChI=1S/C15H27NO3/c1-2-9-16-15(14(17)18)8-6-13(11-15)19-10-7-12-4-3-5-12/h12-13,16H,2-11H2,1H3,(H,17,18). The molecular formula is C15H27NO3. The molecule has 0 saturated heterocycles. The molecule has 2 N–H and O–H groups in total. The van der Waals surface area contributed by atoms with Crippen molar-refractivity contribution in [1.29, 1.82) is 0 Å². The number of ether oxygens (including phenoxy) is 1. The van der Waals surface area contributed by atoms with Crippen molar-refractivity contribution in [2.75, 3.05) is 13.2 Å². The quantitative estimate of drug-likeness (QED) is 0.711. The number of carboxylic acid groups (broad SMARTS) is 1. The Morgan fingerprint density at radius 2 is 2.21 bits per heavy atom. The number of carboxylic acids is 1. The van der Waals surface area contributed by atoms with Gasteiger partial charge in [-0.2, -0.15) is 0 Å². The van der Waals surface area contributed by atoms with Crippen molar-refractivity contribution >= 4 is 5.97 Å². The maximum absolute atomic E-state index is 11.5. The molecule has 2 rings (SSSR count). The van der Waals surface area contributed by atoms with E-state index in [2.05, 4.69) is 12.2 Å². The van der Waals surface area contributed by atoms with Crippen molar-refractivity contribution in [2.45, 2.75) is 69.9 Å². The van der Waals surface area contributed by atoms with E-state index in [1.165, 1.54) is 19.3 Å². The van der Waals surface area contributed by atoms with E-state index in [9.17, 15) is 9.90 Å². The zero-order valence-electron chi connectivity index (χ0n) is 12.0. The Balaban J connectivity index is 1.73. The number of rotatable bonds is 8. The molecular weight excluding hydrogens is 242 g/mol. The van der Waals surface area contributed by atoms with E-state index in [1.807, 2.05) is 0 Å². The summed E-state index contributed by atoms with van der Waals surface area (Å²) in [4.78, 5) is 11.5. The van der Waals surface area contributed by atoms with Crippen LogP contribution in [0.5, 0.6) is 0 Å². The summed E-state index contributed by atoms with van der Waals surface area (Å²) in [6, 6.07) is 0. The van der Waals surface area contributed by atoms with Gasteiger partial charge in [0.2, 0.25) is 0 Å². The van der Waals surface area contributed by atoms with E-state index in [1.54, 1.807) is 0 Å². The summed E-state index contributed by atoms with van der Waals surface area (Å²) in [5.74, 6) is 0.148. The van der Waals surface area contributed by atoms with E-state index in [4.69, 9.17) is 4.74 Å². The third kappa shape index (κ3) is 3.69. The van der Waals surface area contributed by atoms with Crippen LogP contribution in [0.2, 0.25) is 0 Å². The fraction of sp³-hybridized carbons (Fsp3) is 0.933. The van der Waals surface area contributed by atoms with Crippen molar-refractivity contribution in [1.82, 2.24) is 5.32 Å².